The maximum absolute atomic E-state index is 15.0. The van der Waals surface area contributed by atoms with Crippen LogP contribution in [0.4, 0.5) is 25.8 Å². The summed E-state index contributed by atoms with van der Waals surface area (Å²) >= 11 is 31.1. The summed E-state index contributed by atoms with van der Waals surface area (Å²) in [4.78, 5) is 37.9. The fourth-order valence-electron chi connectivity index (χ4n) is 4.15. The number of hydrogen-bond acceptors (Lipinski definition) is 3. The Kier molecular flexibility index (Phi) is 9.17. The highest BCUT2D eigenvalue weighted by molar-refractivity contribution is 6.53. The van der Waals surface area contributed by atoms with Gasteiger partial charge in [0.15, 0.2) is 5.82 Å². The van der Waals surface area contributed by atoms with E-state index in [-0.39, 0.29) is 33.4 Å². The number of rotatable bonds is 8. The van der Waals surface area contributed by atoms with Gasteiger partial charge in [0.25, 0.3) is 5.91 Å². The van der Waals surface area contributed by atoms with Crippen molar-refractivity contribution in [2.24, 2.45) is 5.92 Å². The first kappa shape index (κ1) is 30.3. The minimum Gasteiger partial charge on any atom is -0.326 e. The number of halogens is 7. The van der Waals surface area contributed by atoms with Crippen LogP contribution in [-0.4, -0.2) is 22.1 Å². The van der Waals surface area contributed by atoms with Crippen molar-refractivity contribution in [1.29, 1.82) is 0 Å². The van der Waals surface area contributed by atoms with Gasteiger partial charge in [0.2, 0.25) is 11.8 Å². The number of nitrogens with one attached hydrogen (secondary N) is 3. The molecule has 0 heterocycles. The van der Waals surface area contributed by atoms with Crippen molar-refractivity contribution >= 4 is 92.8 Å². The molecule has 4 rings (SSSR count). The standard InChI is InChI=1S/C27H20Cl5F2N3O3/c1-2-3-20(38)37-24-18(33)8-9-19(23(24)34)36-25(39)14-11-13(5-7-15(14)28)35-26(40)22-21(27(22,31)32)12-4-6-16(29)17(30)10-12/h4-11,21-22H,2-3H2,1H3,(H,35,40)(H,36,39)(H,37,38)/t21-,22+/m0/s1. The molecule has 2 atom stereocenters. The quantitative estimate of drug-likeness (QED) is 0.214. The van der Waals surface area contributed by atoms with Crippen molar-refractivity contribution in [3.8, 4) is 0 Å². The number of anilines is 3. The molecule has 0 unspecified atom stereocenters. The van der Waals surface area contributed by atoms with Crippen LogP contribution >= 0.6 is 58.0 Å². The predicted octanol–water partition coefficient (Wildman–Crippen LogP) is 8.44. The normalized spacial score (nSPS) is 17.2. The van der Waals surface area contributed by atoms with Crippen LogP contribution in [0.25, 0.3) is 0 Å². The number of carbonyl (C=O) groups is 3. The van der Waals surface area contributed by atoms with E-state index in [0.29, 0.717) is 17.0 Å². The number of benzene rings is 3. The van der Waals surface area contributed by atoms with E-state index in [2.05, 4.69) is 16.0 Å². The Morgan fingerprint density at radius 1 is 0.875 bits per heavy atom. The highest BCUT2D eigenvalue weighted by Crippen LogP contribution is 2.65. The molecule has 1 fully saturated rings. The van der Waals surface area contributed by atoms with Crippen LogP contribution in [0.1, 0.15) is 41.6 Å². The summed E-state index contributed by atoms with van der Waals surface area (Å²) in [5.74, 6) is -5.51. The Hall–Kier alpha value is -2.62. The molecule has 3 N–H and O–H groups in total. The van der Waals surface area contributed by atoms with Crippen molar-refractivity contribution in [2.75, 3.05) is 16.0 Å². The first-order valence-corrected chi connectivity index (χ1v) is 13.8. The minimum absolute atomic E-state index is 0.00127. The van der Waals surface area contributed by atoms with Crippen LogP contribution in [0.15, 0.2) is 48.5 Å². The SMILES string of the molecule is CCCC(=O)Nc1c(F)ccc(NC(=O)c2cc(NC(=O)[C@H]3[C@H](c4ccc(Cl)c(Cl)c4)C3(Cl)Cl)ccc2Cl)c1F. The molecule has 0 spiro atoms. The van der Waals surface area contributed by atoms with E-state index in [0.717, 1.165) is 12.1 Å². The largest absolute Gasteiger partial charge is 0.326 e. The zero-order valence-electron chi connectivity index (χ0n) is 20.6. The monoisotopic (exact) mass is 647 g/mol. The third kappa shape index (κ3) is 6.31. The van der Waals surface area contributed by atoms with Gasteiger partial charge in [0.05, 0.1) is 32.2 Å². The number of amides is 3. The van der Waals surface area contributed by atoms with Crippen LogP contribution in [-0.2, 0) is 9.59 Å². The summed E-state index contributed by atoms with van der Waals surface area (Å²) in [6, 6.07) is 10.8. The summed E-state index contributed by atoms with van der Waals surface area (Å²) in [5.41, 5.74) is -0.368. The minimum atomic E-state index is -1.40. The highest BCUT2D eigenvalue weighted by Gasteiger charge is 2.67. The molecule has 0 radical (unpaired) electrons. The van der Waals surface area contributed by atoms with Gasteiger partial charge in [-0.15, -0.1) is 23.2 Å². The smallest absolute Gasteiger partial charge is 0.257 e. The molecule has 40 heavy (non-hydrogen) atoms. The van der Waals surface area contributed by atoms with Gasteiger partial charge in [-0.2, -0.15) is 0 Å². The molecule has 0 aromatic heterocycles. The molecule has 6 nitrogen and oxygen atoms in total. The van der Waals surface area contributed by atoms with Crippen molar-refractivity contribution in [2.45, 2.75) is 30.0 Å². The third-order valence-corrected chi connectivity index (χ3v) is 8.21. The molecule has 13 heteroatoms. The van der Waals surface area contributed by atoms with Gasteiger partial charge in [-0.1, -0.05) is 47.8 Å². The summed E-state index contributed by atoms with van der Waals surface area (Å²) in [5, 5.41) is 7.77. The van der Waals surface area contributed by atoms with Crippen LogP contribution in [0.5, 0.6) is 0 Å². The van der Waals surface area contributed by atoms with E-state index in [1.54, 1.807) is 25.1 Å². The van der Waals surface area contributed by atoms with E-state index >= 15 is 0 Å². The first-order valence-electron chi connectivity index (χ1n) is 11.9. The predicted molar refractivity (Wildman–Crippen MR) is 155 cm³/mol. The van der Waals surface area contributed by atoms with Crippen LogP contribution in [0.3, 0.4) is 0 Å². The van der Waals surface area contributed by atoms with Gasteiger partial charge in [-0.25, -0.2) is 8.78 Å². The fraction of sp³-hybridized carbons (Fsp3) is 0.222. The maximum atomic E-state index is 15.0. The zero-order valence-corrected chi connectivity index (χ0v) is 24.3. The van der Waals surface area contributed by atoms with Gasteiger partial charge in [0.1, 0.15) is 15.8 Å². The Morgan fingerprint density at radius 3 is 2.25 bits per heavy atom. The topological polar surface area (TPSA) is 87.3 Å². The molecule has 0 bridgehead atoms. The Morgan fingerprint density at radius 2 is 1.57 bits per heavy atom. The summed E-state index contributed by atoms with van der Waals surface area (Å²) in [6.07, 6.45) is 0.539. The Balaban J connectivity index is 1.51. The molecule has 3 aromatic carbocycles. The second kappa shape index (κ2) is 12.1. The lowest BCUT2D eigenvalue weighted by molar-refractivity contribution is -0.117. The second-order valence-corrected chi connectivity index (χ2v) is 11.7. The third-order valence-electron chi connectivity index (χ3n) is 6.20. The molecule has 0 saturated heterocycles. The number of alkyl halides is 2. The lowest BCUT2D eigenvalue weighted by Gasteiger charge is -2.13. The average molecular weight is 650 g/mol. The summed E-state index contributed by atoms with van der Waals surface area (Å²) in [7, 11) is 0. The van der Waals surface area contributed by atoms with Crippen molar-refractivity contribution in [3.05, 3.63) is 86.4 Å². The van der Waals surface area contributed by atoms with Crippen molar-refractivity contribution < 1.29 is 23.2 Å². The second-order valence-electron chi connectivity index (χ2n) is 9.02. The molecular formula is C27H20Cl5F2N3O3. The molecule has 1 aliphatic rings. The van der Waals surface area contributed by atoms with E-state index in [9.17, 15) is 23.2 Å². The van der Waals surface area contributed by atoms with Crippen LogP contribution < -0.4 is 16.0 Å². The molecule has 3 aromatic rings. The molecular weight excluding hydrogens is 630 g/mol. The van der Waals surface area contributed by atoms with E-state index in [1.165, 1.54) is 18.2 Å². The van der Waals surface area contributed by atoms with Crippen LogP contribution in [0.2, 0.25) is 15.1 Å². The molecule has 3 amide bonds. The average Bonchev–Trinajstić information content (AvgIpc) is 3.48. The highest BCUT2D eigenvalue weighted by atomic mass is 35.5. The first-order chi connectivity index (χ1) is 18.8. The molecule has 1 saturated carbocycles. The van der Waals surface area contributed by atoms with Gasteiger partial charge in [-0.3, -0.25) is 14.4 Å². The van der Waals surface area contributed by atoms with Gasteiger partial charge in [-0.05, 0) is 54.4 Å². The van der Waals surface area contributed by atoms with Crippen molar-refractivity contribution in [1.82, 2.24) is 0 Å². The molecule has 0 aliphatic heterocycles. The molecule has 1 aliphatic carbocycles. The van der Waals surface area contributed by atoms with E-state index in [1.807, 2.05) is 0 Å². The molecule has 210 valence electrons. The van der Waals surface area contributed by atoms with E-state index < -0.39 is 51.2 Å². The van der Waals surface area contributed by atoms with E-state index in [4.69, 9.17) is 58.0 Å². The fourth-order valence-corrected chi connectivity index (χ4v) is 5.49. The lowest BCUT2D eigenvalue weighted by atomic mass is 10.1. The van der Waals surface area contributed by atoms with Gasteiger partial charge >= 0.3 is 0 Å². The number of carbonyl (C=O) groups excluding carboxylic acids is 3. The Bertz CT molecular complexity index is 1520. The van der Waals surface area contributed by atoms with Crippen LogP contribution in [0, 0.1) is 17.6 Å². The lowest BCUT2D eigenvalue weighted by Crippen LogP contribution is -2.19. The Labute approximate surface area is 253 Å². The maximum Gasteiger partial charge on any atom is 0.257 e. The summed E-state index contributed by atoms with van der Waals surface area (Å²) in [6.45, 7) is 1.74. The van der Waals surface area contributed by atoms with Gasteiger partial charge in [0, 0.05) is 18.0 Å². The summed E-state index contributed by atoms with van der Waals surface area (Å²) < 4.78 is 27.7. The number of hydrogen-bond donors (Lipinski definition) is 3. The van der Waals surface area contributed by atoms with Crippen molar-refractivity contribution in [3.63, 3.8) is 0 Å². The van der Waals surface area contributed by atoms with Gasteiger partial charge < -0.3 is 16.0 Å². The zero-order chi connectivity index (χ0) is 29.4.